The van der Waals surface area contributed by atoms with E-state index < -0.39 is 0 Å². The zero-order chi connectivity index (χ0) is 16.1. The number of nitrogen functional groups attached to an aromatic ring is 2. The Labute approximate surface area is 129 Å². The molecular formula is C17H18N4O. The first kappa shape index (κ1) is 15.4. The minimum atomic E-state index is 0.0171. The molecule has 0 amide bonds. The van der Waals surface area contributed by atoms with Crippen LogP contribution in [0, 0.1) is 10.8 Å². The van der Waals surface area contributed by atoms with Gasteiger partial charge in [0, 0.05) is 24.0 Å². The molecule has 0 saturated heterocycles. The average Bonchev–Trinajstić information content (AvgIpc) is 2.48. The first-order valence-electron chi connectivity index (χ1n) is 6.84. The van der Waals surface area contributed by atoms with E-state index in [0.717, 1.165) is 11.1 Å². The number of carbonyl (C=O) groups is 1. The summed E-state index contributed by atoms with van der Waals surface area (Å²) in [4.78, 5) is 12.1. The van der Waals surface area contributed by atoms with Crippen molar-refractivity contribution >= 4 is 17.5 Å². The van der Waals surface area contributed by atoms with Crippen molar-refractivity contribution in [3.8, 4) is 0 Å². The Balaban J connectivity index is 1.97. The Kier molecular flexibility index (Phi) is 4.68. The predicted molar refractivity (Wildman–Crippen MR) is 87.3 cm³/mol. The van der Waals surface area contributed by atoms with E-state index in [2.05, 4.69) is 0 Å². The fourth-order valence-corrected chi connectivity index (χ4v) is 2.12. The third-order valence-corrected chi connectivity index (χ3v) is 3.33. The number of nitrogens with one attached hydrogen (secondary N) is 2. The first-order chi connectivity index (χ1) is 10.5. The van der Waals surface area contributed by atoms with E-state index in [9.17, 15) is 4.79 Å². The van der Waals surface area contributed by atoms with Crippen molar-refractivity contribution in [3.05, 3.63) is 70.8 Å². The maximum absolute atomic E-state index is 12.1. The lowest BCUT2D eigenvalue weighted by atomic mass is 10.0. The normalized spacial score (nSPS) is 10.2. The maximum atomic E-state index is 12.1. The van der Waals surface area contributed by atoms with E-state index in [4.69, 9.17) is 22.3 Å². The van der Waals surface area contributed by atoms with Crippen LogP contribution in [-0.2, 0) is 17.6 Å². The molecule has 0 aliphatic carbocycles. The molecule has 2 rings (SSSR count). The highest BCUT2D eigenvalue weighted by Crippen LogP contribution is 2.09. The van der Waals surface area contributed by atoms with Crippen LogP contribution in [0.3, 0.4) is 0 Å². The molecule has 2 aromatic rings. The smallest absolute Gasteiger partial charge is 0.141 e. The van der Waals surface area contributed by atoms with Crippen LogP contribution in [0.5, 0.6) is 0 Å². The van der Waals surface area contributed by atoms with Gasteiger partial charge in [0.2, 0.25) is 0 Å². The van der Waals surface area contributed by atoms with Gasteiger partial charge in [-0.2, -0.15) is 0 Å². The fraction of sp³-hybridized carbons (Fsp3) is 0.118. The summed E-state index contributed by atoms with van der Waals surface area (Å²) in [7, 11) is 0. The van der Waals surface area contributed by atoms with Gasteiger partial charge in [0.15, 0.2) is 0 Å². The lowest BCUT2D eigenvalue weighted by Crippen LogP contribution is -2.12. The number of nitrogens with two attached hydrogens (primary N) is 2. The van der Waals surface area contributed by atoms with Gasteiger partial charge >= 0.3 is 0 Å². The number of hydrogen-bond acceptors (Lipinski definition) is 3. The summed E-state index contributed by atoms with van der Waals surface area (Å²) in [6.07, 6.45) is 0.680. The second-order valence-electron chi connectivity index (χ2n) is 5.11. The molecule has 0 spiro atoms. The largest absolute Gasteiger partial charge is 0.384 e. The number of rotatable bonds is 6. The molecule has 0 heterocycles. The molecule has 0 aliphatic rings. The molecule has 5 heteroatoms. The van der Waals surface area contributed by atoms with E-state index in [1.165, 1.54) is 0 Å². The zero-order valence-electron chi connectivity index (χ0n) is 12.1. The zero-order valence-corrected chi connectivity index (χ0v) is 12.1. The Morgan fingerprint density at radius 3 is 1.32 bits per heavy atom. The van der Waals surface area contributed by atoms with Crippen LogP contribution in [-0.4, -0.2) is 17.5 Å². The molecule has 0 bridgehead atoms. The summed E-state index contributed by atoms with van der Waals surface area (Å²) in [5, 5.41) is 14.7. The third-order valence-electron chi connectivity index (χ3n) is 3.33. The highest BCUT2D eigenvalue weighted by Gasteiger charge is 2.06. The SMILES string of the molecule is N=C(N)c1ccc(CC(=O)Cc2ccc(C(=N)N)cc2)cc1. The fourth-order valence-electron chi connectivity index (χ4n) is 2.12. The van der Waals surface area contributed by atoms with Crippen molar-refractivity contribution in [2.45, 2.75) is 12.8 Å². The highest BCUT2D eigenvalue weighted by molar-refractivity contribution is 5.95. The molecule has 0 atom stereocenters. The lowest BCUT2D eigenvalue weighted by molar-refractivity contribution is -0.117. The Hall–Kier alpha value is -2.95. The van der Waals surface area contributed by atoms with Gasteiger partial charge < -0.3 is 11.5 Å². The molecule has 0 aromatic heterocycles. The van der Waals surface area contributed by atoms with E-state index in [1.54, 1.807) is 24.3 Å². The monoisotopic (exact) mass is 294 g/mol. The molecular weight excluding hydrogens is 276 g/mol. The van der Waals surface area contributed by atoms with Gasteiger partial charge in [0.25, 0.3) is 0 Å². The maximum Gasteiger partial charge on any atom is 0.141 e. The molecule has 6 N–H and O–H groups in total. The van der Waals surface area contributed by atoms with Crippen molar-refractivity contribution in [1.82, 2.24) is 0 Å². The summed E-state index contributed by atoms with van der Waals surface area (Å²) in [5.74, 6) is 0.137. The molecule has 0 radical (unpaired) electrons. The van der Waals surface area contributed by atoms with E-state index in [-0.39, 0.29) is 17.5 Å². The summed E-state index contributed by atoms with van der Waals surface area (Å²) >= 11 is 0. The summed E-state index contributed by atoms with van der Waals surface area (Å²) in [6.45, 7) is 0. The Bertz CT molecular complexity index is 641. The van der Waals surface area contributed by atoms with Gasteiger partial charge in [-0.1, -0.05) is 48.5 Å². The third kappa shape index (κ3) is 4.02. The van der Waals surface area contributed by atoms with E-state index >= 15 is 0 Å². The van der Waals surface area contributed by atoms with Gasteiger partial charge in [-0.15, -0.1) is 0 Å². The minimum Gasteiger partial charge on any atom is -0.384 e. The number of ketones is 1. The first-order valence-corrected chi connectivity index (χ1v) is 6.84. The van der Waals surface area contributed by atoms with Gasteiger partial charge in [-0.3, -0.25) is 15.6 Å². The van der Waals surface area contributed by atoms with Crippen molar-refractivity contribution in [2.24, 2.45) is 11.5 Å². The van der Waals surface area contributed by atoms with Crippen LogP contribution < -0.4 is 11.5 Å². The number of hydrogen-bond donors (Lipinski definition) is 4. The van der Waals surface area contributed by atoms with Crippen LogP contribution >= 0.6 is 0 Å². The number of benzene rings is 2. The minimum absolute atomic E-state index is 0.0171. The van der Waals surface area contributed by atoms with Gasteiger partial charge in [-0.05, 0) is 11.1 Å². The molecule has 2 aromatic carbocycles. The quantitative estimate of drug-likeness (QED) is 0.479. The van der Waals surface area contributed by atoms with Crippen molar-refractivity contribution in [3.63, 3.8) is 0 Å². The summed E-state index contributed by atoms with van der Waals surface area (Å²) in [6, 6.07) is 14.2. The van der Waals surface area contributed by atoms with E-state index in [0.29, 0.717) is 24.0 Å². The number of carbonyl (C=O) groups excluding carboxylic acids is 1. The lowest BCUT2D eigenvalue weighted by Gasteiger charge is -2.05. The van der Waals surface area contributed by atoms with Gasteiger partial charge in [0.1, 0.15) is 17.5 Å². The Morgan fingerprint density at radius 1 is 0.727 bits per heavy atom. The van der Waals surface area contributed by atoms with Crippen LogP contribution in [0.15, 0.2) is 48.5 Å². The predicted octanol–water partition coefficient (Wildman–Crippen LogP) is 1.61. The second kappa shape index (κ2) is 6.67. The summed E-state index contributed by atoms with van der Waals surface area (Å²) in [5.41, 5.74) is 13.9. The molecule has 0 aliphatic heterocycles. The molecule has 112 valence electrons. The topological polar surface area (TPSA) is 117 Å². The van der Waals surface area contributed by atoms with Crippen LogP contribution in [0.1, 0.15) is 22.3 Å². The molecule has 22 heavy (non-hydrogen) atoms. The number of Topliss-reactive ketones (excluding diaryl/α,β-unsaturated/α-hetero) is 1. The second-order valence-corrected chi connectivity index (χ2v) is 5.11. The van der Waals surface area contributed by atoms with Crippen LogP contribution in [0.4, 0.5) is 0 Å². The Morgan fingerprint density at radius 2 is 1.05 bits per heavy atom. The van der Waals surface area contributed by atoms with Crippen molar-refractivity contribution in [2.75, 3.05) is 0 Å². The average molecular weight is 294 g/mol. The molecule has 0 unspecified atom stereocenters. The van der Waals surface area contributed by atoms with Crippen molar-refractivity contribution < 1.29 is 4.79 Å². The molecule has 0 saturated carbocycles. The number of amidine groups is 2. The summed E-state index contributed by atoms with van der Waals surface area (Å²) < 4.78 is 0. The van der Waals surface area contributed by atoms with Gasteiger partial charge in [-0.25, -0.2) is 0 Å². The van der Waals surface area contributed by atoms with E-state index in [1.807, 2.05) is 24.3 Å². The van der Waals surface area contributed by atoms with Crippen molar-refractivity contribution in [1.29, 1.82) is 10.8 Å². The van der Waals surface area contributed by atoms with Crippen LogP contribution in [0.25, 0.3) is 0 Å². The molecule has 5 nitrogen and oxygen atoms in total. The molecule has 0 fully saturated rings. The van der Waals surface area contributed by atoms with Gasteiger partial charge in [0.05, 0.1) is 0 Å². The van der Waals surface area contributed by atoms with Crippen LogP contribution in [0.2, 0.25) is 0 Å². The standard InChI is InChI=1S/C17H18N4O/c18-16(19)13-5-1-11(2-6-13)9-15(22)10-12-3-7-14(8-4-12)17(20)21/h1-8H,9-10H2,(H3,18,19)(H3,20,21). The highest BCUT2D eigenvalue weighted by atomic mass is 16.1.